The smallest absolute Gasteiger partial charge is 0.306 e. The van der Waals surface area contributed by atoms with Gasteiger partial charge in [0.2, 0.25) is 5.12 Å². The Labute approximate surface area is 75.8 Å². The van der Waals surface area contributed by atoms with Gasteiger partial charge in [-0.05, 0) is 6.92 Å². The van der Waals surface area contributed by atoms with Crippen LogP contribution >= 0.6 is 11.8 Å². The Morgan fingerprint density at radius 1 is 1.50 bits per heavy atom. The van der Waals surface area contributed by atoms with E-state index in [1.54, 1.807) is 6.92 Å². The van der Waals surface area contributed by atoms with Crippen molar-refractivity contribution < 1.29 is 14.3 Å². The summed E-state index contributed by atoms with van der Waals surface area (Å²) in [4.78, 5) is 21.4. The second-order valence-electron chi connectivity index (χ2n) is 1.98. The van der Waals surface area contributed by atoms with Crippen molar-refractivity contribution in [1.82, 2.24) is 0 Å². The van der Waals surface area contributed by atoms with E-state index in [-0.39, 0.29) is 24.1 Å². The SMILES string of the molecule is CCOC(=O)CCSC(=O)CN. The van der Waals surface area contributed by atoms with Crippen molar-refractivity contribution in [2.24, 2.45) is 5.73 Å². The summed E-state index contributed by atoms with van der Waals surface area (Å²) in [6, 6.07) is 0. The van der Waals surface area contributed by atoms with Gasteiger partial charge in [0.05, 0.1) is 19.6 Å². The van der Waals surface area contributed by atoms with Crippen molar-refractivity contribution in [3.8, 4) is 0 Å². The first-order chi connectivity index (χ1) is 5.70. The van der Waals surface area contributed by atoms with E-state index in [4.69, 9.17) is 5.73 Å². The predicted molar refractivity (Wildman–Crippen MR) is 47.8 cm³/mol. The number of esters is 1. The molecule has 2 N–H and O–H groups in total. The number of hydrogen-bond acceptors (Lipinski definition) is 5. The lowest BCUT2D eigenvalue weighted by atomic mass is 10.5. The Bertz CT molecular complexity index is 161. The Kier molecular flexibility index (Phi) is 6.79. The zero-order valence-electron chi connectivity index (χ0n) is 7.04. The molecule has 12 heavy (non-hydrogen) atoms. The van der Waals surface area contributed by atoms with Crippen LogP contribution in [-0.2, 0) is 14.3 Å². The van der Waals surface area contributed by atoms with Gasteiger partial charge in [0.15, 0.2) is 0 Å². The second kappa shape index (κ2) is 7.12. The average molecular weight is 191 g/mol. The number of thioether (sulfide) groups is 1. The Balaban J connectivity index is 3.30. The van der Waals surface area contributed by atoms with Gasteiger partial charge < -0.3 is 10.5 Å². The van der Waals surface area contributed by atoms with Crippen LogP contribution in [0.5, 0.6) is 0 Å². The maximum atomic E-state index is 10.7. The van der Waals surface area contributed by atoms with Crippen LogP contribution < -0.4 is 5.73 Å². The molecule has 0 rings (SSSR count). The summed E-state index contributed by atoms with van der Waals surface area (Å²) < 4.78 is 4.66. The molecule has 0 atom stereocenters. The fourth-order valence-corrected chi connectivity index (χ4v) is 1.15. The van der Waals surface area contributed by atoms with Crippen molar-refractivity contribution in [1.29, 1.82) is 0 Å². The first-order valence-electron chi connectivity index (χ1n) is 3.72. The molecule has 0 unspecified atom stereocenters. The highest BCUT2D eigenvalue weighted by atomic mass is 32.2. The monoisotopic (exact) mass is 191 g/mol. The maximum Gasteiger partial charge on any atom is 0.306 e. The van der Waals surface area contributed by atoms with E-state index in [1.807, 2.05) is 0 Å². The topological polar surface area (TPSA) is 69.4 Å². The summed E-state index contributed by atoms with van der Waals surface area (Å²) in [5.41, 5.74) is 5.06. The fraction of sp³-hybridized carbons (Fsp3) is 0.714. The number of rotatable bonds is 5. The van der Waals surface area contributed by atoms with E-state index in [1.165, 1.54) is 0 Å². The highest BCUT2D eigenvalue weighted by molar-refractivity contribution is 8.13. The summed E-state index contributed by atoms with van der Waals surface area (Å²) in [6.07, 6.45) is 0.268. The van der Waals surface area contributed by atoms with Crippen LogP contribution in [0.25, 0.3) is 0 Å². The summed E-state index contributed by atoms with van der Waals surface area (Å²) in [5.74, 6) is 0.185. The molecule has 0 spiro atoms. The Hall–Kier alpha value is -0.550. The average Bonchev–Trinajstić information content (AvgIpc) is 2.04. The molecule has 0 fully saturated rings. The number of hydrogen-bond donors (Lipinski definition) is 1. The van der Waals surface area contributed by atoms with E-state index in [9.17, 15) is 9.59 Å². The van der Waals surface area contributed by atoms with E-state index in [2.05, 4.69) is 4.74 Å². The minimum atomic E-state index is -0.269. The molecule has 0 aromatic heterocycles. The van der Waals surface area contributed by atoms with Crippen LogP contribution in [0, 0.1) is 0 Å². The number of nitrogens with two attached hydrogens (primary N) is 1. The molecule has 0 aliphatic carbocycles. The van der Waals surface area contributed by atoms with Crippen LogP contribution in [0.4, 0.5) is 0 Å². The minimum Gasteiger partial charge on any atom is -0.466 e. The summed E-state index contributed by atoms with van der Waals surface area (Å²) in [6.45, 7) is 2.15. The maximum absolute atomic E-state index is 10.7. The Morgan fingerprint density at radius 2 is 2.17 bits per heavy atom. The van der Waals surface area contributed by atoms with Gasteiger partial charge in [-0.2, -0.15) is 0 Å². The van der Waals surface area contributed by atoms with Crippen molar-refractivity contribution in [3.05, 3.63) is 0 Å². The van der Waals surface area contributed by atoms with Gasteiger partial charge in [-0.15, -0.1) is 0 Å². The van der Waals surface area contributed by atoms with Gasteiger partial charge in [0, 0.05) is 5.75 Å². The molecule has 0 aromatic rings. The van der Waals surface area contributed by atoms with Crippen LogP contribution in [0.2, 0.25) is 0 Å². The molecule has 0 heterocycles. The normalized spacial score (nSPS) is 9.50. The molecule has 5 heteroatoms. The van der Waals surface area contributed by atoms with Crippen LogP contribution in [-0.4, -0.2) is 30.0 Å². The molecular weight excluding hydrogens is 178 g/mol. The highest BCUT2D eigenvalue weighted by Gasteiger charge is 2.04. The molecule has 70 valence electrons. The second-order valence-corrected chi connectivity index (χ2v) is 3.13. The molecule has 0 bridgehead atoms. The van der Waals surface area contributed by atoms with Crippen LogP contribution in [0.3, 0.4) is 0 Å². The van der Waals surface area contributed by atoms with Gasteiger partial charge in [-0.3, -0.25) is 9.59 Å². The fourth-order valence-electron chi connectivity index (χ4n) is 0.540. The van der Waals surface area contributed by atoms with E-state index >= 15 is 0 Å². The summed E-state index contributed by atoms with van der Waals surface area (Å²) in [7, 11) is 0. The first-order valence-corrected chi connectivity index (χ1v) is 4.70. The van der Waals surface area contributed by atoms with Crippen molar-refractivity contribution in [2.45, 2.75) is 13.3 Å². The van der Waals surface area contributed by atoms with Gasteiger partial charge in [-0.1, -0.05) is 11.8 Å². The van der Waals surface area contributed by atoms with Crippen molar-refractivity contribution >= 4 is 22.8 Å². The lowest BCUT2D eigenvalue weighted by Crippen LogP contribution is -2.11. The zero-order chi connectivity index (χ0) is 9.40. The predicted octanol–water partition coefficient (Wildman–Crippen LogP) is 0.158. The largest absolute Gasteiger partial charge is 0.466 e. The summed E-state index contributed by atoms with van der Waals surface area (Å²) >= 11 is 1.07. The van der Waals surface area contributed by atoms with E-state index in [0.29, 0.717) is 12.4 Å². The molecule has 0 radical (unpaired) electrons. The van der Waals surface area contributed by atoms with Crippen LogP contribution in [0.15, 0.2) is 0 Å². The zero-order valence-corrected chi connectivity index (χ0v) is 7.86. The van der Waals surface area contributed by atoms with Gasteiger partial charge in [0.25, 0.3) is 0 Å². The highest BCUT2D eigenvalue weighted by Crippen LogP contribution is 2.03. The van der Waals surface area contributed by atoms with Crippen molar-refractivity contribution in [3.63, 3.8) is 0 Å². The Morgan fingerprint density at radius 3 is 2.67 bits per heavy atom. The van der Waals surface area contributed by atoms with Gasteiger partial charge >= 0.3 is 5.97 Å². The molecular formula is C7H13NO3S. The molecule has 0 saturated heterocycles. The lowest BCUT2D eigenvalue weighted by Gasteiger charge is -1.99. The summed E-state index contributed by atoms with van der Waals surface area (Å²) in [5, 5.41) is -0.0979. The van der Waals surface area contributed by atoms with E-state index in [0.717, 1.165) is 11.8 Å². The van der Waals surface area contributed by atoms with Crippen LogP contribution in [0.1, 0.15) is 13.3 Å². The molecule has 0 aliphatic heterocycles. The quantitative estimate of drug-likeness (QED) is 0.627. The molecule has 0 aromatic carbocycles. The number of carbonyl (C=O) groups excluding carboxylic acids is 2. The minimum absolute atomic E-state index is 0.0213. The standard InChI is InChI=1S/C7H13NO3S/c1-2-11-6(9)3-4-12-7(10)5-8/h2-5,8H2,1H3. The number of carbonyl (C=O) groups is 2. The third-order valence-electron chi connectivity index (χ3n) is 1.04. The van der Waals surface area contributed by atoms with Crippen molar-refractivity contribution in [2.75, 3.05) is 18.9 Å². The number of ether oxygens (including phenoxy) is 1. The van der Waals surface area contributed by atoms with Gasteiger partial charge in [-0.25, -0.2) is 0 Å². The van der Waals surface area contributed by atoms with E-state index < -0.39 is 0 Å². The molecule has 0 saturated carbocycles. The molecule has 0 aliphatic rings. The van der Waals surface area contributed by atoms with Gasteiger partial charge in [0.1, 0.15) is 0 Å². The molecule has 4 nitrogen and oxygen atoms in total. The first kappa shape index (κ1) is 11.4. The molecule has 0 amide bonds. The lowest BCUT2D eigenvalue weighted by molar-refractivity contribution is -0.142. The third kappa shape index (κ3) is 6.18. The third-order valence-corrected chi connectivity index (χ3v) is 1.94.